The fraction of sp³-hybridized carbons (Fsp3) is 0.500. The van der Waals surface area contributed by atoms with Crippen LogP contribution in [0.3, 0.4) is 0 Å². The number of non-ortho nitro benzene ring substituents is 2. The predicted molar refractivity (Wildman–Crippen MR) is 128 cm³/mol. The Bertz CT molecular complexity index is 727. The average Bonchev–Trinajstić information content (AvgIpc) is 2.77. The number of nitrogens with zero attached hydrogens (tertiary/aromatic N) is 2. The van der Waals surface area contributed by atoms with E-state index in [0.717, 1.165) is 25.7 Å². The Morgan fingerprint density at radius 3 is 1.26 bits per heavy atom. The van der Waals surface area contributed by atoms with Gasteiger partial charge in [0.05, 0.1) is 9.85 Å². The van der Waals surface area contributed by atoms with Gasteiger partial charge in [-0.25, -0.2) is 0 Å². The second kappa shape index (κ2) is 14.6. The minimum Gasteiger partial charge on any atom is -0.258 e. The molecular weight excluding hydrogens is 412 g/mol. The molecule has 0 bridgehead atoms. The van der Waals surface area contributed by atoms with E-state index in [-0.39, 0.29) is 21.2 Å². The molecule has 0 heterocycles. The van der Waals surface area contributed by atoms with Crippen LogP contribution in [0.15, 0.2) is 48.5 Å². The van der Waals surface area contributed by atoms with Crippen LogP contribution in [0, 0.1) is 20.2 Å². The van der Waals surface area contributed by atoms with Crippen LogP contribution in [0.4, 0.5) is 11.4 Å². The zero-order valence-electron chi connectivity index (χ0n) is 18.0. The first-order valence-corrected chi connectivity index (χ1v) is 12.3. The molecule has 0 aliphatic rings. The molecule has 0 fully saturated rings. The first kappa shape index (κ1) is 24.9. The van der Waals surface area contributed by atoms with Gasteiger partial charge < -0.3 is 0 Å². The number of thioether (sulfide) groups is 1. The Labute approximate surface area is 188 Å². The molecule has 0 aliphatic heterocycles. The van der Waals surface area contributed by atoms with Crippen molar-refractivity contribution in [2.75, 3.05) is 11.5 Å². The molecule has 0 atom stereocenters. The van der Waals surface area contributed by atoms with Gasteiger partial charge in [0.1, 0.15) is 0 Å². The number of hydrogen-bond acceptors (Lipinski definition) is 5. The van der Waals surface area contributed by atoms with Crippen molar-refractivity contribution in [3.05, 3.63) is 79.9 Å². The molecule has 0 spiro atoms. The van der Waals surface area contributed by atoms with Crippen molar-refractivity contribution in [2.45, 2.75) is 64.2 Å². The molecule has 2 aromatic carbocycles. The molecule has 7 heteroatoms. The maximum absolute atomic E-state index is 10.7. The van der Waals surface area contributed by atoms with Crippen molar-refractivity contribution >= 4 is 23.1 Å². The molecule has 0 saturated carbocycles. The summed E-state index contributed by atoms with van der Waals surface area (Å²) in [6.07, 6.45) is 11.7. The van der Waals surface area contributed by atoms with E-state index in [9.17, 15) is 20.2 Å². The van der Waals surface area contributed by atoms with Gasteiger partial charge in [-0.2, -0.15) is 11.8 Å². The summed E-state index contributed by atoms with van der Waals surface area (Å²) in [7, 11) is 0. The molecule has 0 aliphatic carbocycles. The number of hydrogen-bond donors (Lipinski definition) is 0. The lowest BCUT2D eigenvalue weighted by molar-refractivity contribution is -0.385. The smallest absolute Gasteiger partial charge is 0.258 e. The van der Waals surface area contributed by atoms with Crippen LogP contribution in [-0.2, 0) is 12.8 Å². The molecule has 31 heavy (non-hydrogen) atoms. The Hall–Kier alpha value is -2.41. The van der Waals surface area contributed by atoms with E-state index in [1.54, 1.807) is 24.3 Å². The van der Waals surface area contributed by atoms with E-state index in [1.165, 1.54) is 61.2 Å². The van der Waals surface area contributed by atoms with Gasteiger partial charge in [-0.1, -0.05) is 49.9 Å². The summed E-state index contributed by atoms with van der Waals surface area (Å²) in [5, 5.41) is 21.3. The number of unbranched alkanes of at least 4 members (excludes halogenated alkanes) is 6. The van der Waals surface area contributed by atoms with Crippen LogP contribution in [0.5, 0.6) is 0 Å². The lowest BCUT2D eigenvalue weighted by Gasteiger charge is -2.04. The minimum absolute atomic E-state index is 0.158. The molecule has 0 unspecified atom stereocenters. The number of aryl methyl sites for hydroxylation is 2. The lowest BCUT2D eigenvalue weighted by Crippen LogP contribution is -1.91. The molecule has 0 amide bonds. The maximum Gasteiger partial charge on any atom is 0.269 e. The van der Waals surface area contributed by atoms with Crippen LogP contribution in [0.2, 0.25) is 0 Å². The molecule has 0 radical (unpaired) electrons. The van der Waals surface area contributed by atoms with E-state index in [4.69, 9.17) is 0 Å². The average molecular weight is 445 g/mol. The van der Waals surface area contributed by atoms with E-state index in [2.05, 4.69) is 0 Å². The molecule has 0 N–H and O–H groups in total. The third-order valence-electron chi connectivity index (χ3n) is 5.30. The zero-order chi connectivity index (χ0) is 22.3. The third-order valence-corrected chi connectivity index (χ3v) is 6.46. The Kier molecular flexibility index (Phi) is 11.7. The highest BCUT2D eigenvalue weighted by Gasteiger charge is 2.04. The van der Waals surface area contributed by atoms with Gasteiger partial charge >= 0.3 is 0 Å². The van der Waals surface area contributed by atoms with Crippen LogP contribution < -0.4 is 0 Å². The fourth-order valence-electron chi connectivity index (χ4n) is 3.44. The zero-order valence-corrected chi connectivity index (χ0v) is 18.9. The summed E-state index contributed by atoms with van der Waals surface area (Å²) in [6.45, 7) is 0. The van der Waals surface area contributed by atoms with Gasteiger partial charge in [0.2, 0.25) is 0 Å². The number of benzene rings is 2. The second-order valence-corrected chi connectivity index (χ2v) is 9.01. The minimum atomic E-state index is -0.358. The molecule has 2 rings (SSSR count). The molecule has 168 valence electrons. The van der Waals surface area contributed by atoms with Gasteiger partial charge in [-0.3, -0.25) is 20.2 Å². The Balaban J connectivity index is 1.37. The highest BCUT2D eigenvalue weighted by molar-refractivity contribution is 7.99. The van der Waals surface area contributed by atoms with Crippen molar-refractivity contribution in [2.24, 2.45) is 0 Å². The van der Waals surface area contributed by atoms with E-state index in [1.807, 2.05) is 36.0 Å². The summed E-state index contributed by atoms with van der Waals surface area (Å²) in [4.78, 5) is 20.6. The Morgan fingerprint density at radius 2 is 0.903 bits per heavy atom. The highest BCUT2D eigenvalue weighted by Crippen LogP contribution is 2.17. The summed E-state index contributed by atoms with van der Waals surface area (Å²) >= 11 is 2.04. The molecule has 2 aromatic rings. The largest absolute Gasteiger partial charge is 0.269 e. The predicted octanol–water partition coefficient (Wildman–Crippen LogP) is 7.14. The van der Waals surface area contributed by atoms with Crippen LogP contribution in [0.1, 0.15) is 62.5 Å². The van der Waals surface area contributed by atoms with Crippen molar-refractivity contribution < 1.29 is 9.85 Å². The summed E-state index contributed by atoms with van der Waals surface area (Å²) in [5.74, 6) is 2.45. The monoisotopic (exact) mass is 444 g/mol. The fourth-order valence-corrected chi connectivity index (χ4v) is 4.46. The van der Waals surface area contributed by atoms with Crippen LogP contribution >= 0.6 is 11.8 Å². The van der Waals surface area contributed by atoms with Gasteiger partial charge in [0, 0.05) is 24.3 Å². The lowest BCUT2D eigenvalue weighted by atomic mass is 10.1. The van der Waals surface area contributed by atoms with Crippen molar-refractivity contribution in [1.82, 2.24) is 0 Å². The van der Waals surface area contributed by atoms with E-state index >= 15 is 0 Å². The number of rotatable bonds is 16. The van der Waals surface area contributed by atoms with Crippen molar-refractivity contribution in [3.63, 3.8) is 0 Å². The highest BCUT2D eigenvalue weighted by atomic mass is 32.2. The van der Waals surface area contributed by atoms with Gasteiger partial charge in [-0.15, -0.1) is 0 Å². The first-order valence-electron chi connectivity index (χ1n) is 11.1. The standard InChI is InChI=1S/C24H32N2O4S/c27-25(28)23-15-11-21(12-16-23)9-5-1-3-7-19-31-20-8-4-2-6-10-22-13-17-24(18-14-22)26(29)30/h11-18H,1-10,19-20H2. The molecule has 6 nitrogen and oxygen atoms in total. The van der Waals surface area contributed by atoms with Crippen molar-refractivity contribution in [1.29, 1.82) is 0 Å². The molecule has 0 saturated heterocycles. The summed E-state index contributed by atoms with van der Waals surface area (Å²) < 4.78 is 0. The second-order valence-electron chi connectivity index (χ2n) is 7.79. The van der Waals surface area contributed by atoms with Gasteiger partial charge in [-0.05, 0) is 61.2 Å². The summed E-state index contributed by atoms with van der Waals surface area (Å²) in [6, 6.07) is 13.8. The quantitative estimate of drug-likeness (QED) is 0.156. The number of nitro benzene ring substituents is 2. The normalized spacial score (nSPS) is 10.8. The van der Waals surface area contributed by atoms with E-state index < -0.39 is 0 Å². The van der Waals surface area contributed by atoms with Gasteiger partial charge in [0.25, 0.3) is 11.4 Å². The van der Waals surface area contributed by atoms with E-state index in [0.29, 0.717) is 0 Å². The summed E-state index contributed by atoms with van der Waals surface area (Å²) in [5.41, 5.74) is 2.66. The Morgan fingerprint density at radius 1 is 0.548 bits per heavy atom. The van der Waals surface area contributed by atoms with Crippen LogP contribution in [0.25, 0.3) is 0 Å². The van der Waals surface area contributed by atoms with Crippen LogP contribution in [-0.4, -0.2) is 21.4 Å². The number of nitro groups is 2. The first-order chi connectivity index (χ1) is 15.1. The molecule has 0 aromatic heterocycles. The van der Waals surface area contributed by atoms with Crippen molar-refractivity contribution in [3.8, 4) is 0 Å². The third kappa shape index (κ3) is 10.4. The SMILES string of the molecule is O=[N+]([O-])c1ccc(CCCCCCSCCCCCCc2ccc([N+](=O)[O-])cc2)cc1. The molecular formula is C24H32N2O4S. The van der Waals surface area contributed by atoms with Gasteiger partial charge in [0.15, 0.2) is 0 Å². The topological polar surface area (TPSA) is 86.3 Å². The maximum atomic E-state index is 10.7.